The van der Waals surface area contributed by atoms with Crippen LogP contribution in [0.5, 0.6) is 23.0 Å². The van der Waals surface area contributed by atoms with Gasteiger partial charge in [0.05, 0.1) is 19.8 Å². The fourth-order valence-corrected chi connectivity index (χ4v) is 2.27. The number of hydrogen-bond donors (Lipinski definition) is 2. The molecular weight excluding hydrogens is 322 g/mol. The van der Waals surface area contributed by atoms with Gasteiger partial charge in [0.2, 0.25) is 5.75 Å². The summed E-state index contributed by atoms with van der Waals surface area (Å²) in [5, 5.41) is 12.1. The van der Waals surface area contributed by atoms with E-state index >= 15 is 0 Å². The normalized spacial score (nSPS) is 10.2. The van der Waals surface area contributed by atoms with Crippen LogP contribution in [0.3, 0.4) is 0 Å². The topological polar surface area (TPSA) is 77.0 Å². The van der Waals surface area contributed by atoms with E-state index in [2.05, 4.69) is 5.32 Å². The van der Waals surface area contributed by atoms with Crippen LogP contribution in [0.25, 0.3) is 0 Å². The van der Waals surface area contributed by atoms with Crippen LogP contribution in [0, 0.1) is 0 Å². The number of benzene rings is 2. The highest BCUT2D eigenvalue weighted by Gasteiger charge is 2.18. The fraction of sp³-hybridized carbons (Fsp3) is 0.316. The zero-order chi connectivity index (χ0) is 18.2. The van der Waals surface area contributed by atoms with Gasteiger partial charge in [-0.05, 0) is 57.2 Å². The van der Waals surface area contributed by atoms with Crippen LogP contribution in [0.2, 0.25) is 0 Å². The second-order valence-corrected chi connectivity index (χ2v) is 5.10. The molecule has 2 aromatic carbocycles. The van der Waals surface area contributed by atoms with Crippen molar-refractivity contribution >= 4 is 11.6 Å². The third kappa shape index (κ3) is 4.79. The van der Waals surface area contributed by atoms with Crippen molar-refractivity contribution in [3.05, 3.63) is 42.0 Å². The molecule has 25 heavy (non-hydrogen) atoms. The van der Waals surface area contributed by atoms with Crippen molar-refractivity contribution in [2.45, 2.75) is 20.8 Å². The van der Waals surface area contributed by atoms with Gasteiger partial charge in [0.1, 0.15) is 5.75 Å². The Hall–Kier alpha value is -2.89. The van der Waals surface area contributed by atoms with Gasteiger partial charge >= 0.3 is 0 Å². The summed E-state index contributed by atoms with van der Waals surface area (Å²) in [7, 11) is 0. The zero-order valence-electron chi connectivity index (χ0n) is 14.7. The average molecular weight is 345 g/mol. The van der Waals surface area contributed by atoms with E-state index in [1.54, 1.807) is 24.3 Å². The molecule has 0 spiro atoms. The number of nitrogens with one attached hydrogen (secondary N) is 1. The first kappa shape index (κ1) is 18.4. The summed E-state index contributed by atoms with van der Waals surface area (Å²) in [5.74, 6) is 1.25. The van der Waals surface area contributed by atoms with Gasteiger partial charge in [-0.25, -0.2) is 0 Å². The number of hydrogen-bond acceptors (Lipinski definition) is 5. The Balaban J connectivity index is 2.34. The monoisotopic (exact) mass is 345 g/mol. The van der Waals surface area contributed by atoms with Crippen molar-refractivity contribution in [3.8, 4) is 23.0 Å². The van der Waals surface area contributed by atoms with E-state index in [1.807, 2.05) is 20.8 Å². The molecule has 6 heteroatoms. The molecule has 0 aliphatic carbocycles. The van der Waals surface area contributed by atoms with E-state index in [0.29, 0.717) is 48.3 Å². The minimum atomic E-state index is -0.310. The molecule has 2 N–H and O–H groups in total. The highest BCUT2D eigenvalue weighted by molar-refractivity contribution is 6.05. The number of phenolic OH excluding ortho intramolecular Hbond substituents is 1. The molecule has 0 bridgehead atoms. The molecule has 0 aliphatic heterocycles. The van der Waals surface area contributed by atoms with E-state index in [0.717, 1.165) is 0 Å². The van der Waals surface area contributed by atoms with Crippen LogP contribution in [0.4, 0.5) is 5.69 Å². The molecule has 0 atom stereocenters. The molecule has 0 unspecified atom stereocenters. The molecule has 2 rings (SSSR count). The smallest absolute Gasteiger partial charge is 0.255 e. The summed E-state index contributed by atoms with van der Waals surface area (Å²) in [4.78, 5) is 12.6. The van der Waals surface area contributed by atoms with Crippen molar-refractivity contribution < 1.29 is 24.1 Å². The molecule has 0 saturated heterocycles. The van der Waals surface area contributed by atoms with Crippen LogP contribution >= 0.6 is 0 Å². The Labute approximate surface area is 147 Å². The van der Waals surface area contributed by atoms with Crippen molar-refractivity contribution in [1.29, 1.82) is 0 Å². The van der Waals surface area contributed by atoms with Gasteiger partial charge in [-0.2, -0.15) is 0 Å². The first-order chi connectivity index (χ1) is 12.1. The summed E-state index contributed by atoms with van der Waals surface area (Å²) in [6.07, 6.45) is 0. The van der Waals surface area contributed by atoms with Crippen LogP contribution in [-0.4, -0.2) is 30.8 Å². The Morgan fingerprint density at radius 3 is 1.92 bits per heavy atom. The number of aromatic hydroxyl groups is 1. The van der Waals surface area contributed by atoms with Gasteiger partial charge in [0.15, 0.2) is 11.5 Å². The summed E-state index contributed by atoms with van der Waals surface area (Å²) in [6.45, 7) is 6.93. The lowest BCUT2D eigenvalue weighted by molar-refractivity contribution is 0.102. The lowest BCUT2D eigenvalue weighted by Gasteiger charge is -2.17. The number of phenols is 1. The predicted molar refractivity (Wildman–Crippen MR) is 96.0 cm³/mol. The van der Waals surface area contributed by atoms with Gasteiger partial charge in [-0.15, -0.1) is 0 Å². The molecule has 0 radical (unpaired) electrons. The van der Waals surface area contributed by atoms with E-state index in [1.165, 1.54) is 12.1 Å². The lowest BCUT2D eigenvalue weighted by Crippen LogP contribution is -2.13. The molecule has 1 amide bonds. The lowest BCUT2D eigenvalue weighted by atomic mass is 10.1. The largest absolute Gasteiger partial charge is 0.508 e. The molecule has 0 fully saturated rings. The second-order valence-electron chi connectivity index (χ2n) is 5.10. The highest BCUT2D eigenvalue weighted by atomic mass is 16.5. The van der Waals surface area contributed by atoms with Gasteiger partial charge < -0.3 is 24.6 Å². The zero-order valence-corrected chi connectivity index (χ0v) is 14.7. The first-order valence-corrected chi connectivity index (χ1v) is 8.25. The summed E-state index contributed by atoms with van der Waals surface area (Å²) in [6, 6.07) is 9.51. The minimum absolute atomic E-state index is 0.135. The Kier molecular flexibility index (Phi) is 6.51. The number of carbonyl (C=O) groups is 1. The molecule has 2 aromatic rings. The Bertz CT molecular complexity index is 685. The highest BCUT2D eigenvalue weighted by Crippen LogP contribution is 2.39. The number of anilines is 1. The van der Waals surface area contributed by atoms with Crippen molar-refractivity contribution in [1.82, 2.24) is 0 Å². The fourth-order valence-electron chi connectivity index (χ4n) is 2.27. The number of rotatable bonds is 8. The quantitative estimate of drug-likeness (QED) is 0.711. The third-order valence-electron chi connectivity index (χ3n) is 3.30. The van der Waals surface area contributed by atoms with E-state index in [-0.39, 0.29) is 11.7 Å². The summed E-state index contributed by atoms with van der Waals surface area (Å²) in [5.41, 5.74) is 0.969. The number of carbonyl (C=O) groups excluding carboxylic acids is 1. The molecular formula is C19H23NO5. The molecule has 0 aliphatic rings. The molecule has 134 valence electrons. The maximum absolute atomic E-state index is 12.6. The van der Waals surface area contributed by atoms with E-state index < -0.39 is 0 Å². The van der Waals surface area contributed by atoms with Gasteiger partial charge in [0.25, 0.3) is 5.91 Å². The number of ether oxygens (including phenoxy) is 3. The van der Waals surface area contributed by atoms with E-state index in [9.17, 15) is 9.90 Å². The van der Waals surface area contributed by atoms with Crippen molar-refractivity contribution in [2.75, 3.05) is 25.1 Å². The SMILES string of the molecule is CCOc1cc(C(=O)Nc2ccc(O)cc2)cc(OCC)c1OCC. The Morgan fingerprint density at radius 1 is 0.920 bits per heavy atom. The second kappa shape index (κ2) is 8.82. The average Bonchev–Trinajstić information content (AvgIpc) is 2.60. The number of amides is 1. The molecule has 0 aromatic heterocycles. The van der Waals surface area contributed by atoms with Crippen LogP contribution < -0.4 is 19.5 Å². The van der Waals surface area contributed by atoms with Crippen molar-refractivity contribution in [3.63, 3.8) is 0 Å². The van der Waals surface area contributed by atoms with Crippen LogP contribution in [0.15, 0.2) is 36.4 Å². The van der Waals surface area contributed by atoms with Gasteiger partial charge in [-0.3, -0.25) is 4.79 Å². The molecule has 6 nitrogen and oxygen atoms in total. The van der Waals surface area contributed by atoms with Gasteiger partial charge in [0, 0.05) is 11.3 Å². The third-order valence-corrected chi connectivity index (χ3v) is 3.30. The Morgan fingerprint density at radius 2 is 1.44 bits per heavy atom. The van der Waals surface area contributed by atoms with Crippen LogP contribution in [-0.2, 0) is 0 Å². The maximum Gasteiger partial charge on any atom is 0.255 e. The minimum Gasteiger partial charge on any atom is -0.508 e. The van der Waals surface area contributed by atoms with E-state index in [4.69, 9.17) is 14.2 Å². The van der Waals surface area contributed by atoms with Crippen LogP contribution in [0.1, 0.15) is 31.1 Å². The first-order valence-electron chi connectivity index (χ1n) is 8.25. The van der Waals surface area contributed by atoms with Crippen molar-refractivity contribution in [2.24, 2.45) is 0 Å². The summed E-state index contributed by atoms with van der Waals surface area (Å²) >= 11 is 0. The predicted octanol–water partition coefficient (Wildman–Crippen LogP) is 3.84. The summed E-state index contributed by atoms with van der Waals surface area (Å²) < 4.78 is 16.9. The van der Waals surface area contributed by atoms with Gasteiger partial charge in [-0.1, -0.05) is 0 Å². The molecule has 0 heterocycles. The standard InChI is InChI=1S/C19H23NO5/c1-4-23-16-11-13(12-17(24-5-2)18(16)25-6-3)19(22)20-14-7-9-15(21)10-8-14/h7-12,21H,4-6H2,1-3H3,(H,20,22). The molecule has 0 saturated carbocycles. The maximum atomic E-state index is 12.6.